The van der Waals surface area contributed by atoms with E-state index in [0.717, 1.165) is 0 Å². The van der Waals surface area contributed by atoms with Crippen molar-refractivity contribution in [2.45, 2.75) is 6.42 Å². The van der Waals surface area contributed by atoms with Crippen LogP contribution in [0.1, 0.15) is 6.42 Å². The van der Waals surface area contributed by atoms with E-state index in [4.69, 9.17) is 17.3 Å². The van der Waals surface area contributed by atoms with Crippen molar-refractivity contribution in [3.8, 4) is 0 Å². The number of carbonyl (C=O) groups excluding carboxylic acids is 1. The summed E-state index contributed by atoms with van der Waals surface area (Å²) in [6, 6.07) is 0. The van der Waals surface area contributed by atoms with E-state index in [9.17, 15) is 4.79 Å². The average Bonchev–Trinajstić information content (AvgIpc) is 2.72. The molecule has 5 nitrogen and oxygen atoms in total. The number of hydrogen-bond donors (Lipinski definition) is 2. The largest absolute Gasteiger partial charge is 0.330 e. The fraction of sp³-hybridized carbons (Fsp3) is 0.500. The summed E-state index contributed by atoms with van der Waals surface area (Å²) in [7, 11) is 0. The van der Waals surface area contributed by atoms with E-state index in [0.29, 0.717) is 30.4 Å². The Hall–Kier alpha value is -1.07. The van der Waals surface area contributed by atoms with Gasteiger partial charge in [-0.25, -0.2) is 0 Å². The first-order valence-electron chi connectivity index (χ1n) is 4.41. The van der Waals surface area contributed by atoms with Gasteiger partial charge in [-0.15, -0.1) is 0 Å². The Bertz CT molecular complexity index is 351. The molecule has 1 saturated heterocycles. The van der Waals surface area contributed by atoms with Crippen LogP contribution in [-0.4, -0.2) is 29.2 Å². The van der Waals surface area contributed by atoms with Crippen LogP contribution in [0.25, 0.3) is 0 Å². The molecule has 1 unspecified atom stereocenters. The quantitative estimate of drug-likeness (QED) is 0.747. The third-order valence-corrected chi connectivity index (χ3v) is 2.68. The Morgan fingerprint density at radius 2 is 2.57 bits per heavy atom. The van der Waals surface area contributed by atoms with E-state index in [1.54, 1.807) is 11.1 Å². The number of nitrogens with two attached hydrogens (primary N) is 1. The van der Waals surface area contributed by atoms with E-state index < -0.39 is 0 Å². The molecule has 3 N–H and O–H groups in total. The van der Waals surface area contributed by atoms with Gasteiger partial charge in [-0.05, 0) is 12.5 Å². The number of nitrogens with zero attached hydrogens (tertiary/aromatic N) is 2. The highest BCUT2D eigenvalue weighted by Gasteiger charge is 2.31. The number of aromatic amines is 1. The third-order valence-electron chi connectivity index (χ3n) is 2.40. The van der Waals surface area contributed by atoms with Gasteiger partial charge in [0, 0.05) is 13.0 Å². The first kappa shape index (κ1) is 9.48. The van der Waals surface area contributed by atoms with Gasteiger partial charge in [-0.1, -0.05) is 11.6 Å². The number of nitrogens with one attached hydrogen (secondary N) is 1. The van der Waals surface area contributed by atoms with E-state index in [2.05, 4.69) is 10.2 Å². The summed E-state index contributed by atoms with van der Waals surface area (Å²) in [5.41, 5.74) is 6.16. The fourth-order valence-electron chi connectivity index (χ4n) is 1.62. The number of H-pyrrole nitrogens is 1. The Labute approximate surface area is 86.2 Å². The summed E-state index contributed by atoms with van der Waals surface area (Å²) >= 11 is 5.83. The lowest BCUT2D eigenvalue weighted by molar-refractivity contribution is -0.117. The van der Waals surface area contributed by atoms with Crippen molar-refractivity contribution in [1.29, 1.82) is 0 Å². The van der Waals surface area contributed by atoms with Crippen LogP contribution in [0.2, 0.25) is 5.15 Å². The highest BCUT2D eigenvalue weighted by Crippen LogP contribution is 2.28. The minimum Gasteiger partial charge on any atom is -0.330 e. The number of aromatic nitrogens is 2. The lowest BCUT2D eigenvalue weighted by Crippen LogP contribution is -2.25. The number of amides is 1. The second-order valence-electron chi connectivity index (χ2n) is 3.38. The van der Waals surface area contributed by atoms with Crippen LogP contribution in [0.15, 0.2) is 6.20 Å². The van der Waals surface area contributed by atoms with E-state index in [1.807, 2.05) is 0 Å². The molecule has 0 saturated carbocycles. The zero-order valence-electron chi connectivity index (χ0n) is 7.53. The maximum absolute atomic E-state index is 11.6. The molecular weight excluding hydrogens is 204 g/mol. The Kier molecular flexibility index (Phi) is 2.43. The minimum atomic E-state index is 0.0590. The monoisotopic (exact) mass is 214 g/mol. The number of halogens is 1. The second-order valence-corrected chi connectivity index (χ2v) is 3.76. The lowest BCUT2D eigenvalue weighted by atomic mass is 10.1. The van der Waals surface area contributed by atoms with Crippen molar-refractivity contribution in [3.05, 3.63) is 11.3 Å². The molecule has 1 aliphatic rings. The summed E-state index contributed by atoms with van der Waals surface area (Å²) in [5.74, 6) is 0.289. The molecule has 1 amide bonds. The summed E-state index contributed by atoms with van der Waals surface area (Å²) in [6.07, 6.45) is 2.05. The van der Waals surface area contributed by atoms with E-state index in [-0.39, 0.29) is 11.8 Å². The van der Waals surface area contributed by atoms with Gasteiger partial charge in [-0.2, -0.15) is 5.10 Å². The van der Waals surface area contributed by atoms with Crippen molar-refractivity contribution in [3.63, 3.8) is 0 Å². The molecule has 0 aromatic carbocycles. The van der Waals surface area contributed by atoms with Crippen LogP contribution >= 0.6 is 11.6 Å². The molecule has 1 atom stereocenters. The van der Waals surface area contributed by atoms with Gasteiger partial charge in [0.05, 0.1) is 6.20 Å². The highest BCUT2D eigenvalue weighted by atomic mass is 35.5. The third kappa shape index (κ3) is 1.49. The number of carbonyl (C=O) groups is 1. The maximum Gasteiger partial charge on any atom is 0.227 e. The molecular formula is C8H11ClN4O. The van der Waals surface area contributed by atoms with Crippen LogP contribution < -0.4 is 10.6 Å². The lowest BCUT2D eigenvalue weighted by Gasteiger charge is -2.13. The zero-order chi connectivity index (χ0) is 10.1. The highest BCUT2D eigenvalue weighted by molar-refractivity contribution is 6.32. The molecule has 6 heteroatoms. The minimum absolute atomic E-state index is 0.0590. The Morgan fingerprint density at radius 1 is 1.79 bits per heavy atom. The predicted molar refractivity (Wildman–Crippen MR) is 53.1 cm³/mol. The molecule has 0 bridgehead atoms. The molecule has 76 valence electrons. The molecule has 0 spiro atoms. The van der Waals surface area contributed by atoms with Crippen molar-refractivity contribution in [2.24, 2.45) is 11.7 Å². The molecule has 1 aromatic heterocycles. The molecule has 0 aliphatic carbocycles. The van der Waals surface area contributed by atoms with E-state index in [1.165, 1.54) is 0 Å². The molecule has 1 aromatic rings. The molecule has 14 heavy (non-hydrogen) atoms. The first-order valence-corrected chi connectivity index (χ1v) is 4.79. The molecule has 1 fully saturated rings. The summed E-state index contributed by atoms with van der Waals surface area (Å²) in [4.78, 5) is 13.2. The van der Waals surface area contributed by atoms with Gasteiger partial charge in [-0.3, -0.25) is 9.89 Å². The average molecular weight is 215 g/mol. The van der Waals surface area contributed by atoms with E-state index >= 15 is 0 Å². The topological polar surface area (TPSA) is 75.0 Å². The number of rotatable bonds is 2. The Morgan fingerprint density at radius 3 is 3.07 bits per heavy atom. The van der Waals surface area contributed by atoms with Gasteiger partial charge in [0.25, 0.3) is 0 Å². The number of hydrogen-bond acceptors (Lipinski definition) is 3. The normalized spacial score (nSPS) is 22.0. The van der Waals surface area contributed by atoms with Gasteiger partial charge in [0.2, 0.25) is 5.91 Å². The molecule has 1 aliphatic heterocycles. The molecule has 2 heterocycles. The number of anilines is 1. The zero-order valence-corrected chi connectivity index (χ0v) is 8.29. The molecule has 0 radical (unpaired) electrons. The standard InChI is InChI=1S/C8H11ClN4O/c9-8-6(3-11-12-8)13-4-5(2-10)1-7(13)14/h3,5H,1-2,4,10H2,(H,11,12). The first-order chi connectivity index (χ1) is 6.72. The van der Waals surface area contributed by atoms with Gasteiger partial charge in [0.15, 0.2) is 0 Å². The van der Waals surface area contributed by atoms with Crippen LogP contribution in [-0.2, 0) is 4.79 Å². The van der Waals surface area contributed by atoms with Crippen molar-refractivity contribution >= 4 is 23.2 Å². The summed E-state index contributed by atoms with van der Waals surface area (Å²) in [6.45, 7) is 1.16. The van der Waals surface area contributed by atoms with Crippen molar-refractivity contribution in [1.82, 2.24) is 10.2 Å². The predicted octanol–water partition coefficient (Wildman–Crippen LogP) is 0.375. The fourth-order valence-corrected chi connectivity index (χ4v) is 1.82. The second kappa shape index (κ2) is 3.59. The van der Waals surface area contributed by atoms with Crippen LogP contribution in [0.5, 0.6) is 0 Å². The van der Waals surface area contributed by atoms with Crippen molar-refractivity contribution in [2.75, 3.05) is 18.0 Å². The maximum atomic E-state index is 11.6. The van der Waals surface area contributed by atoms with Crippen LogP contribution in [0.3, 0.4) is 0 Å². The van der Waals surface area contributed by atoms with Gasteiger partial charge < -0.3 is 10.6 Å². The summed E-state index contributed by atoms with van der Waals surface area (Å²) in [5, 5.41) is 6.76. The van der Waals surface area contributed by atoms with Crippen LogP contribution in [0.4, 0.5) is 5.69 Å². The van der Waals surface area contributed by atoms with Gasteiger partial charge in [0.1, 0.15) is 10.8 Å². The smallest absolute Gasteiger partial charge is 0.227 e. The SMILES string of the molecule is NCC1CC(=O)N(c2cn[nH]c2Cl)C1. The van der Waals surface area contributed by atoms with Crippen molar-refractivity contribution < 1.29 is 4.79 Å². The summed E-state index contributed by atoms with van der Waals surface area (Å²) < 4.78 is 0. The Balaban J connectivity index is 2.20. The van der Waals surface area contributed by atoms with Crippen LogP contribution in [0, 0.1) is 5.92 Å². The molecule has 2 rings (SSSR count). The van der Waals surface area contributed by atoms with Gasteiger partial charge >= 0.3 is 0 Å².